The number of isocyanates is 4. The van der Waals surface area contributed by atoms with Crippen LogP contribution in [0.15, 0.2) is 20.0 Å². The Bertz CT molecular complexity index is 663. The first kappa shape index (κ1) is 16.4. The summed E-state index contributed by atoms with van der Waals surface area (Å²) in [7, 11) is 0. The highest BCUT2D eigenvalue weighted by Crippen LogP contribution is 2.64. The van der Waals surface area contributed by atoms with E-state index in [0.717, 1.165) is 19.3 Å². The van der Waals surface area contributed by atoms with Crippen molar-refractivity contribution in [3.8, 4) is 0 Å². The first-order valence-corrected chi connectivity index (χ1v) is 8.03. The van der Waals surface area contributed by atoms with Crippen LogP contribution < -0.4 is 0 Å². The van der Waals surface area contributed by atoms with Gasteiger partial charge in [-0.05, 0) is 49.4 Å². The van der Waals surface area contributed by atoms with E-state index < -0.39 is 12.3 Å². The molecule has 0 spiro atoms. The molecule has 124 valence electrons. The molecule has 6 unspecified atom stereocenters. The largest absolute Gasteiger partial charge is 0.237 e. The van der Waals surface area contributed by atoms with Crippen LogP contribution in [0.5, 0.6) is 0 Å². The minimum absolute atomic E-state index is 0.221. The van der Waals surface area contributed by atoms with Gasteiger partial charge in [-0.2, -0.15) is 20.0 Å². The molecule has 0 N–H and O–H groups in total. The Hall–Kier alpha value is -2.48. The van der Waals surface area contributed by atoms with Crippen LogP contribution in [0.2, 0.25) is 0 Å². The van der Waals surface area contributed by atoms with E-state index >= 15 is 0 Å². The molecule has 2 bridgehead atoms. The van der Waals surface area contributed by atoms with E-state index in [9.17, 15) is 19.2 Å². The van der Waals surface area contributed by atoms with Crippen LogP contribution in [0.3, 0.4) is 0 Å². The molecule has 0 aromatic rings. The maximum atomic E-state index is 10.8. The first-order valence-electron chi connectivity index (χ1n) is 8.03. The zero-order valence-electron chi connectivity index (χ0n) is 12.9. The van der Waals surface area contributed by atoms with Gasteiger partial charge in [0.1, 0.15) is 0 Å². The van der Waals surface area contributed by atoms with Gasteiger partial charge in [0.2, 0.25) is 24.3 Å². The lowest BCUT2D eigenvalue weighted by Crippen LogP contribution is -2.34. The number of fused-ring (bicyclic) bond motifs is 5. The normalized spacial score (nSPS) is 37.8. The molecule has 3 aliphatic carbocycles. The maximum absolute atomic E-state index is 10.8. The summed E-state index contributed by atoms with van der Waals surface area (Å²) in [5, 5.41) is 0. The summed E-state index contributed by atoms with van der Waals surface area (Å²) in [6, 6.07) is 0. The molecule has 6 atom stereocenters. The standard InChI is InChI=1S/C16H16N4O4/c21-5-17-15(18-6-22)12-4-11-9-1-2-10(3-9)13(11)14(12)16(19-7-23)20-8-24/h9-16H,1-4H2. The summed E-state index contributed by atoms with van der Waals surface area (Å²) < 4.78 is 0. The molecule has 8 heteroatoms. The fourth-order valence-corrected chi connectivity index (χ4v) is 5.54. The Kier molecular flexibility index (Phi) is 4.75. The highest BCUT2D eigenvalue weighted by atomic mass is 16.1. The van der Waals surface area contributed by atoms with E-state index in [2.05, 4.69) is 20.0 Å². The van der Waals surface area contributed by atoms with E-state index in [1.165, 1.54) is 24.3 Å². The SMILES string of the molecule is O=C=NC(N=C=O)C1CC2C3CCC(C3)C2C1C(N=C=O)N=C=O. The van der Waals surface area contributed by atoms with Crippen LogP contribution in [0, 0.1) is 35.5 Å². The Labute approximate surface area is 137 Å². The topological polar surface area (TPSA) is 118 Å². The zero-order chi connectivity index (χ0) is 17.1. The summed E-state index contributed by atoms with van der Waals surface area (Å²) in [4.78, 5) is 57.6. The summed E-state index contributed by atoms with van der Waals surface area (Å²) in [6.07, 6.45) is 8.04. The predicted octanol–water partition coefficient (Wildman–Crippen LogP) is 1.28. The van der Waals surface area contributed by atoms with Crippen LogP contribution in [-0.2, 0) is 19.2 Å². The lowest BCUT2D eigenvalue weighted by atomic mass is 9.76. The molecule has 3 aliphatic rings. The van der Waals surface area contributed by atoms with Gasteiger partial charge in [0, 0.05) is 11.8 Å². The third-order valence-electron chi connectivity index (χ3n) is 6.11. The molecule has 0 aliphatic heterocycles. The molecule has 8 nitrogen and oxygen atoms in total. The van der Waals surface area contributed by atoms with Crippen LogP contribution in [0.1, 0.15) is 25.7 Å². The number of hydrogen-bond acceptors (Lipinski definition) is 8. The van der Waals surface area contributed by atoms with Gasteiger partial charge < -0.3 is 0 Å². The number of aliphatic imine (C=N–C) groups is 4. The van der Waals surface area contributed by atoms with E-state index in [4.69, 9.17) is 0 Å². The van der Waals surface area contributed by atoms with Crippen molar-refractivity contribution in [2.45, 2.75) is 38.0 Å². The van der Waals surface area contributed by atoms with Gasteiger partial charge in [0.15, 0.2) is 12.3 Å². The average molecular weight is 328 g/mol. The summed E-state index contributed by atoms with van der Waals surface area (Å²) in [5.41, 5.74) is 0. The number of hydrogen-bond donors (Lipinski definition) is 0. The summed E-state index contributed by atoms with van der Waals surface area (Å²) >= 11 is 0. The molecular formula is C16H16N4O4. The Balaban J connectivity index is 2.02. The second kappa shape index (κ2) is 6.96. The van der Waals surface area contributed by atoms with E-state index in [1.807, 2.05) is 0 Å². The smallest absolute Gasteiger partial charge is 0.211 e. The Morgan fingerprint density at radius 2 is 1.25 bits per heavy atom. The Morgan fingerprint density at radius 1 is 0.708 bits per heavy atom. The molecule has 0 aromatic carbocycles. The van der Waals surface area contributed by atoms with Crippen molar-refractivity contribution in [2.24, 2.45) is 55.5 Å². The number of rotatable bonds is 6. The Morgan fingerprint density at radius 3 is 1.83 bits per heavy atom. The molecule has 3 fully saturated rings. The van der Waals surface area contributed by atoms with Gasteiger partial charge in [0.25, 0.3) is 0 Å². The molecular weight excluding hydrogens is 312 g/mol. The average Bonchev–Trinajstić information content (AvgIpc) is 3.26. The summed E-state index contributed by atoms with van der Waals surface area (Å²) in [6.45, 7) is 0. The number of carbonyl (C=O) groups excluding carboxylic acids is 4. The molecule has 3 saturated carbocycles. The van der Waals surface area contributed by atoms with Crippen molar-refractivity contribution < 1.29 is 19.2 Å². The van der Waals surface area contributed by atoms with Crippen molar-refractivity contribution >= 4 is 24.3 Å². The van der Waals surface area contributed by atoms with E-state index in [-0.39, 0.29) is 17.8 Å². The van der Waals surface area contributed by atoms with Gasteiger partial charge in [-0.1, -0.05) is 0 Å². The molecule has 0 radical (unpaired) electrons. The van der Waals surface area contributed by atoms with Gasteiger partial charge in [-0.25, -0.2) is 19.2 Å². The van der Waals surface area contributed by atoms with Crippen molar-refractivity contribution in [2.75, 3.05) is 0 Å². The maximum Gasteiger partial charge on any atom is 0.237 e. The molecule has 0 amide bonds. The van der Waals surface area contributed by atoms with Crippen LogP contribution in [0.4, 0.5) is 0 Å². The minimum atomic E-state index is -0.929. The number of nitrogens with zero attached hydrogens (tertiary/aromatic N) is 4. The third kappa shape index (κ3) is 2.62. The predicted molar refractivity (Wildman–Crippen MR) is 79.5 cm³/mol. The lowest BCUT2D eigenvalue weighted by Gasteiger charge is -2.31. The fourth-order valence-electron chi connectivity index (χ4n) is 5.54. The fraction of sp³-hybridized carbons (Fsp3) is 0.750. The molecule has 0 heterocycles. The van der Waals surface area contributed by atoms with Gasteiger partial charge >= 0.3 is 0 Å². The van der Waals surface area contributed by atoms with Crippen molar-refractivity contribution in [3.05, 3.63) is 0 Å². The first-order chi connectivity index (χ1) is 11.7. The van der Waals surface area contributed by atoms with E-state index in [0.29, 0.717) is 24.2 Å². The van der Waals surface area contributed by atoms with Crippen LogP contribution >= 0.6 is 0 Å². The van der Waals surface area contributed by atoms with Gasteiger partial charge in [-0.15, -0.1) is 0 Å². The quantitative estimate of drug-likeness (QED) is 0.539. The zero-order valence-corrected chi connectivity index (χ0v) is 12.9. The molecule has 0 aromatic heterocycles. The van der Waals surface area contributed by atoms with Crippen LogP contribution in [0.25, 0.3) is 0 Å². The van der Waals surface area contributed by atoms with E-state index in [1.54, 1.807) is 0 Å². The third-order valence-corrected chi connectivity index (χ3v) is 6.11. The molecule has 3 rings (SSSR count). The monoisotopic (exact) mass is 328 g/mol. The second-order valence-corrected chi connectivity index (χ2v) is 6.76. The van der Waals surface area contributed by atoms with Gasteiger partial charge in [-0.3, -0.25) is 0 Å². The molecule has 24 heavy (non-hydrogen) atoms. The van der Waals surface area contributed by atoms with Gasteiger partial charge in [0.05, 0.1) is 0 Å². The lowest BCUT2D eigenvalue weighted by molar-refractivity contribution is 0.170. The van der Waals surface area contributed by atoms with Crippen molar-refractivity contribution in [1.29, 1.82) is 0 Å². The minimum Gasteiger partial charge on any atom is -0.211 e. The van der Waals surface area contributed by atoms with Crippen molar-refractivity contribution in [3.63, 3.8) is 0 Å². The summed E-state index contributed by atoms with van der Waals surface area (Å²) in [5.74, 6) is 1.05. The second-order valence-electron chi connectivity index (χ2n) is 6.76. The molecule has 0 saturated heterocycles. The van der Waals surface area contributed by atoms with Crippen molar-refractivity contribution in [1.82, 2.24) is 0 Å². The van der Waals surface area contributed by atoms with Crippen LogP contribution in [-0.4, -0.2) is 36.7 Å². The highest BCUT2D eigenvalue weighted by Gasteiger charge is 2.60. The highest BCUT2D eigenvalue weighted by molar-refractivity contribution is 5.39.